The third-order valence-corrected chi connectivity index (χ3v) is 4.54. The van der Waals surface area contributed by atoms with Crippen LogP contribution in [0.3, 0.4) is 0 Å². The highest BCUT2D eigenvalue weighted by Crippen LogP contribution is 2.31. The molecule has 0 spiro atoms. The second-order valence-corrected chi connectivity index (χ2v) is 7.51. The first-order valence-electron chi connectivity index (χ1n) is 8.29. The molecule has 3 rings (SSSR count). The van der Waals surface area contributed by atoms with Gasteiger partial charge in [-0.3, -0.25) is 4.79 Å². The lowest BCUT2D eigenvalue weighted by atomic mass is 9.91. The van der Waals surface area contributed by atoms with Crippen molar-refractivity contribution in [1.29, 1.82) is 0 Å². The van der Waals surface area contributed by atoms with Crippen LogP contribution in [0.1, 0.15) is 33.6 Å². The molecule has 0 aliphatic carbocycles. The van der Waals surface area contributed by atoms with E-state index in [2.05, 4.69) is 25.2 Å². The highest BCUT2D eigenvalue weighted by molar-refractivity contribution is 5.87. The standard InChI is InChI=1S/C17H24FN5O/c1-16(2,3)15(24)20-10-17(18)5-8-23(9-6-17)14-12-4-7-19-13(12)21-11-22-14/h4,7,11H,5-6,8-10H2,1-3H3,(H,20,24)(H,19,21,22). The smallest absolute Gasteiger partial charge is 0.225 e. The summed E-state index contributed by atoms with van der Waals surface area (Å²) in [6.07, 6.45) is 4.09. The van der Waals surface area contributed by atoms with E-state index < -0.39 is 11.1 Å². The molecule has 1 aliphatic heterocycles. The number of rotatable bonds is 3. The first-order valence-corrected chi connectivity index (χ1v) is 8.29. The van der Waals surface area contributed by atoms with Gasteiger partial charge in [0.25, 0.3) is 0 Å². The number of hydrogen-bond donors (Lipinski definition) is 2. The van der Waals surface area contributed by atoms with Crippen LogP contribution < -0.4 is 10.2 Å². The normalized spacial score (nSPS) is 17.9. The maximum Gasteiger partial charge on any atom is 0.225 e. The van der Waals surface area contributed by atoms with Gasteiger partial charge in [0.1, 0.15) is 23.5 Å². The molecule has 2 N–H and O–H groups in total. The minimum absolute atomic E-state index is 0.0697. The van der Waals surface area contributed by atoms with Crippen LogP contribution in [0.15, 0.2) is 18.6 Å². The summed E-state index contributed by atoms with van der Waals surface area (Å²) in [6.45, 7) is 6.69. The number of nitrogens with one attached hydrogen (secondary N) is 2. The van der Waals surface area contributed by atoms with Crippen molar-refractivity contribution in [3.63, 3.8) is 0 Å². The average molecular weight is 333 g/mol. The lowest BCUT2D eigenvalue weighted by Crippen LogP contribution is -2.50. The van der Waals surface area contributed by atoms with Crippen LogP contribution >= 0.6 is 0 Å². The topological polar surface area (TPSA) is 73.9 Å². The van der Waals surface area contributed by atoms with Crippen molar-refractivity contribution in [2.24, 2.45) is 5.41 Å². The zero-order valence-corrected chi connectivity index (χ0v) is 14.4. The molecule has 130 valence electrons. The quantitative estimate of drug-likeness (QED) is 0.905. The molecule has 6 nitrogen and oxygen atoms in total. The maximum atomic E-state index is 15.0. The van der Waals surface area contributed by atoms with Gasteiger partial charge in [0.15, 0.2) is 0 Å². The molecule has 0 aromatic carbocycles. The summed E-state index contributed by atoms with van der Waals surface area (Å²) in [4.78, 5) is 25.6. The Kier molecular flexibility index (Phi) is 4.19. The number of carbonyl (C=O) groups is 1. The zero-order chi connectivity index (χ0) is 17.4. The zero-order valence-electron chi connectivity index (χ0n) is 14.4. The van der Waals surface area contributed by atoms with E-state index in [0.717, 1.165) is 16.9 Å². The van der Waals surface area contributed by atoms with Crippen LogP contribution in [0.5, 0.6) is 0 Å². The number of anilines is 1. The van der Waals surface area contributed by atoms with E-state index >= 15 is 0 Å². The number of fused-ring (bicyclic) bond motifs is 1. The van der Waals surface area contributed by atoms with Crippen molar-refractivity contribution in [3.05, 3.63) is 18.6 Å². The molecule has 24 heavy (non-hydrogen) atoms. The van der Waals surface area contributed by atoms with Gasteiger partial charge >= 0.3 is 0 Å². The summed E-state index contributed by atoms with van der Waals surface area (Å²) in [5, 5.41) is 3.70. The van der Waals surface area contributed by atoms with Crippen molar-refractivity contribution >= 4 is 22.8 Å². The van der Waals surface area contributed by atoms with E-state index in [9.17, 15) is 9.18 Å². The molecular formula is C17H24FN5O. The minimum atomic E-state index is -1.36. The van der Waals surface area contributed by atoms with Gasteiger partial charge in [0.05, 0.1) is 11.9 Å². The van der Waals surface area contributed by atoms with E-state index in [1.54, 1.807) is 0 Å². The SMILES string of the molecule is CC(C)(C)C(=O)NCC1(F)CCN(c2ncnc3[nH]ccc23)CC1. The van der Waals surface area contributed by atoms with E-state index in [-0.39, 0.29) is 12.5 Å². The summed E-state index contributed by atoms with van der Waals surface area (Å²) in [5.74, 6) is 0.716. The molecule has 0 unspecified atom stereocenters. The van der Waals surface area contributed by atoms with Gasteiger partial charge in [0, 0.05) is 37.5 Å². The number of carbonyl (C=O) groups excluding carboxylic acids is 1. The van der Waals surface area contributed by atoms with Crippen molar-refractivity contribution < 1.29 is 9.18 Å². The fourth-order valence-electron chi connectivity index (χ4n) is 2.91. The molecular weight excluding hydrogens is 309 g/mol. The van der Waals surface area contributed by atoms with Gasteiger partial charge in [0.2, 0.25) is 5.91 Å². The predicted molar refractivity (Wildman–Crippen MR) is 91.6 cm³/mol. The van der Waals surface area contributed by atoms with Gasteiger partial charge in [-0.1, -0.05) is 20.8 Å². The lowest BCUT2D eigenvalue weighted by Gasteiger charge is -2.37. The number of piperidine rings is 1. The summed E-state index contributed by atoms with van der Waals surface area (Å²) in [6, 6.07) is 1.94. The summed E-state index contributed by atoms with van der Waals surface area (Å²) < 4.78 is 15.0. The average Bonchev–Trinajstić information content (AvgIpc) is 3.01. The third-order valence-electron chi connectivity index (χ3n) is 4.54. The molecule has 2 aromatic heterocycles. The Morgan fingerprint density at radius 1 is 1.38 bits per heavy atom. The van der Waals surface area contributed by atoms with E-state index in [4.69, 9.17) is 0 Å². The van der Waals surface area contributed by atoms with Crippen molar-refractivity contribution in [2.75, 3.05) is 24.5 Å². The molecule has 1 aliphatic rings. The number of nitrogens with zero attached hydrogens (tertiary/aromatic N) is 3. The third kappa shape index (κ3) is 3.34. The summed E-state index contributed by atoms with van der Waals surface area (Å²) in [5.41, 5.74) is -1.07. The Balaban J connectivity index is 1.63. The molecule has 0 saturated carbocycles. The fourth-order valence-corrected chi connectivity index (χ4v) is 2.91. The predicted octanol–water partition coefficient (Wildman–Crippen LogP) is 2.43. The Labute approximate surface area is 140 Å². The molecule has 1 fully saturated rings. The number of H-pyrrole nitrogens is 1. The van der Waals surface area contributed by atoms with Crippen LogP contribution in [-0.2, 0) is 4.79 Å². The van der Waals surface area contributed by atoms with Gasteiger partial charge < -0.3 is 15.2 Å². The molecule has 0 atom stereocenters. The van der Waals surface area contributed by atoms with Gasteiger partial charge in [-0.05, 0) is 6.07 Å². The first-order chi connectivity index (χ1) is 11.3. The molecule has 1 amide bonds. The molecule has 0 radical (unpaired) electrons. The second-order valence-electron chi connectivity index (χ2n) is 7.51. The molecule has 0 bridgehead atoms. The molecule has 2 aromatic rings. The summed E-state index contributed by atoms with van der Waals surface area (Å²) in [7, 11) is 0. The van der Waals surface area contributed by atoms with Gasteiger partial charge in [-0.15, -0.1) is 0 Å². The minimum Gasteiger partial charge on any atom is -0.356 e. The summed E-state index contributed by atoms with van der Waals surface area (Å²) >= 11 is 0. The Bertz CT molecular complexity index is 728. The monoisotopic (exact) mass is 333 g/mol. The van der Waals surface area contributed by atoms with Crippen molar-refractivity contribution in [2.45, 2.75) is 39.3 Å². The van der Waals surface area contributed by atoms with E-state index in [0.29, 0.717) is 25.9 Å². The van der Waals surface area contributed by atoms with Gasteiger partial charge in [-0.2, -0.15) is 0 Å². The number of aromatic nitrogens is 3. The lowest BCUT2D eigenvalue weighted by molar-refractivity contribution is -0.129. The maximum absolute atomic E-state index is 15.0. The van der Waals surface area contributed by atoms with Crippen molar-refractivity contribution in [3.8, 4) is 0 Å². The number of hydrogen-bond acceptors (Lipinski definition) is 4. The highest BCUT2D eigenvalue weighted by atomic mass is 19.1. The van der Waals surface area contributed by atoms with Crippen LogP contribution in [0.2, 0.25) is 0 Å². The Hall–Kier alpha value is -2.18. The van der Waals surface area contributed by atoms with E-state index in [1.807, 2.05) is 33.0 Å². The Morgan fingerprint density at radius 2 is 2.08 bits per heavy atom. The van der Waals surface area contributed by atoms with Crippen LogP contribution in [0.4, 0.5) is 10.2 Å². The second kappa shape index (κ2) is 6.03. The molecule has 7 heteroatoms. The van der Waals surface area contributed by atoms with E-state index in [1.165, 1.54) is 6.33 Å². The molecule has 3 heterocycles. The first kappa shape index (κ1) is 16.7. The number of alkyl halides is 1. The van der Waals surface area contributed by atoms with Crippen LogP contribution in [0.25, 0.3) is 11.0 Å². The van der Waals surface area contributed by atoms with Crippen LogP contribution in [0, 0.1) is 5.41 Å². The molecule has 1 saturated heterocycles. The number of halogens is 1. The largest absolute Gasteiger partial charge is 0.356 e. The Morgan fingerprint density at radius 3 is 2.75 bits per heavy atom. The fraction of sp³-hybridized carbons (Fsp3) is 0.588. The highest BCUT2D eigenvalue weighted by Gasteiger charge is 2.36. The number of amides is 1. The van der Waals surface area contributed by atoms with Crippen LogP contribution in [-0.4, -0.2) is 46.2 Å². The van der Waals surface area contributed by atoms with Crippen molar-refractivity contribution in [1.82, 2.24) is 20.3 Å². The van der Waals surface area contributed by atoms with Gasteiger partial charge in [-0.25, -0.2) is 14.4 Å². The number of aromatic amines is 1.